The monoisotopic (exact) mass is 495 g/mol. The summed E-state index contributed by atoms with van der Waals surface area (Å²) in [5.74, 6) is 1.10. The molecule has 1 aliphatic heterocycles. The van der Waals surface area contributed by atoms with Crippen molar-refractivity contribution < 1.29 is 37.4 Å². The first-order valence-electron chi connectivity index (χ1n) is 10.0. The van der Waals surface area contributed by atoms with Crippen LogP contribution in [0.15, 0.2) is 48.5 Å². The van der Waals surface area contributed by atoms with Crippen molar-refractivity contribution in [3.63, 3.8) is 0 Å². The van der Waals surface area contributed by atoms with Crippen molar-refractivity contribution in [1.82, 2.24) is 5.32 Å². The van der Waals surface area contributed by atoms with Gasteiger partial charge in [-0.2, -0.15) is 0 Å². The van der Waals surface area contributed by atoms with Crippen LogP contribution in [0.1, 0.15) is 17.2 Å². The van der Waals surface area contributed by atoms with E-state index in [4.69, 9.17) is 27.8 Å². The maximum Gasteiger partial charge on any atom is 0.334 e. The Kier molecular flexibility index (Phi) is 9.93. The van der Waals surface area contributed by atoms with Crippen LogP contribution in [0, 0.1) is 0 Å². The third-order valence-electron chi connectivity index (χ3n) is 4.70. The molecule has 1 aliphatic rings. The summed E-state index contributed by atoms with van der Waals surface area (Å²) in [6.45, 7) is 0.181. The van der Waals surface area contributed by atoms with Crippen LogP contribution in [-0.2, 0) is 29.5 Å². The molecule has 1 heterocycles. The zero-order valence-electron chi connectivity index (χ0n) is 18.5. The van der Waals surface area contributed by atoms with Crippen molar-refractivity contribution in [1.29, 1.82) is 0 Å². The quantitative estimate of drug-likeness (QED) is 0.323. The fourth-order valence-electron chi connectivity index (χ4n) is 3.05. The predicted octanol–water partition coefficient (Wildman–Crippen LogP) is 4.22. The molecular weight excluding hydrogens is 469 g/mol. The summed E-state index contributed by atoms with van der Waals surface area (Å²) in [5.41, 5.74) is 1.80. The highest BCUT2D eigenvalue weighted by Gasteiger charge is 2.31. The van der Waals surface area contributed by atoms with Crippen molar-refractivity contribution >= 4 is 31.5 Å². The second kappa shape index (κ2) is 12.9. The van der Waals surface area contributed by atoms with Crippen LogP contribution < -0.4 is 14.8 Å². The molecule has 2 aromatic carbocycles. The van der Waals surface area contributed by atoms with Gasteiger partial charge in [0.2, 0.25) is 5.91 Å². The van der Waals surface area contributed by atoms with Crippen molar-refractivity contribution in [2.75, 3.05) is 34.7 Å². The molecule has 11 heteroatoms. The molecule has 9 nitrogen and oxygen atoms in total. The molecule has 2 amide bonds. The number of methoxy groups -OCH3 is 1. The van der Waals surface area contributed by atoms with E-state index >= 15 is 0 Å². The van der Waals surface area contributed by atoms with Gasteiger partial charge in [-0.25, -0.2) is 0 Å². The molecule has 2 unspecified atom stereocenters. The average Bonchev–Trinajstić information content (AvgIpc) is 3.16. The molecule has 33 heavy (non-hydrogen) atoms. The Morgan fingerprint density at radius 1 is 1.03 bits per heavy atom. The normalized spacial score (nSPS) is 16.7. The number of carbonyl (C=O) groups excluding carboxylic acids is 2. The molecule has 0 spiro atoms. The highest BCUT2D eigenvalue weighted by atomic mass is 32.2. The van der Waals surface area contributed by atoms with Gasteiger partial charge in [0.1, 0.15) is 24.2 Å². The van der Waals surface area contributed by atoms with Gasteiger partial charge in [-0.1, -0.05) is 36.0 Å². The molecule has 0 radical (unpaired) electrons. The standard InChI is InChI=1S/C22H26NO8PS/c1-26-18-6-4-5-16(12-18)19(30-14-31-32(27-2)28-3)13-29-17-9-7-15(8-10-17)11-20-21(24)23-22(25)33-20/h4-10,12,19-20H,11,13-14H2,1-3H3,(H,23,24,25). The molecule has 0 bridgehead atoms. The van der Waals surface area contributed by atoms with Crippen LogP contribution in [0.25, 0.3) is 0 Å². The Morgan fingerprint density at radius 2 is 1.79 bits per heavy atom. The maximum atomic E-state index is 11.8. The van der Waals surface area contributed by atoms with Gasteiger partial charge >= 0.3 is 8.60 Å². The predicted molar refractivity (Wildman–Crippen MR) is 124 cm³/mol. The summed E-state index contributed by atoms with van der Waals surface area (Å²) in [6, 6.07) is 14.9. The molecule has 1 N–H and O–H groups in total. The van der Waals surface area contributed by atoms with Crippen molar-refractivity contribution in [3.8, 4) is 11.5 Å². The largest absolute Gasteiger partial charge is 0.497 e. The Balaban J connectivity index is 1.60. The number of ether oxygens (including phenoxy) is 3. The maximum absolute atomic E-state index is 11.8. The molecule has 0 aromatic heterocycles. The second-order valence-electron chi connectivity index (χ2n) is 6.81. The summed E-state index contributed by atoms with van der Waals surface area (Å²) >= 11 is 1.01. The number of carbonyl (C=O) groups is 2. The average molecular weight is 495 g/mol. The van der Waals surface area contributed by atoms with Crippen molar-refractivity contribution in [3.05, 3.63) is 59.7 Å². The van der Waals surface area contributed by atoms with E-state index < -0.39 is 20.0 Å². The van der Waals surface area contributed by atoms with Gasteiger partial charge in [0.05, 0.1) is 12.4 Å². The number of amides is 2. The summed E-state index contributed by atoms with van der Waals surface area (Å²) < 4.78 is 32.7. The van der Waals surface area contributed by atoms with E-state index in [9.17, 15) is 9.59 Å². The van der Waals surface area contributed by atoms with Gasteiger partial charge in [0.15, 0.2) is 6.79 Å². The minimum absolute atomic E-state index is 0.0442. The van der Waals surface area contributed by atoms with Crippen LogP contribution >= 0.6 is 20.4 Å². The van der Waals surface area contributed by atoms with E-state index in [1.165, 1.54) is 14.2 Å². The van der Waals surface area contributed by atoms with Crippen LogP contribution in [0.5, 0.6) is 11.5 Å². The Labute approximate surface area is 198 Å². The van der Waals surface area contributed by atoms with Crippen LogP contribution in [0.4, 0.5) is 4.79 Å². The summed E-state index contributed by atoms with van der Waals surface area (Å²) in [7, 11) is 3.12. The molecule has 0 saturated carbocycles. The molecule has 2 atom stereocenters. The van der Waals surface area contributed by atoms with E-state index in [2.05, 4.69) is 5.32 Å². The zero-order valence-corrected chi connectivity index (χ0v) is 20.2. The van der Waals surface area contributed by atoms with Crippen LogP contribution in [0.2, 0.25) is 0 Å². The molecule has 1 fully saturated rings. The fourth-order valence-corrected chi connectivity index (χ4v) is 4.42. The van der Waals surface area contributed by atoms with Crippen molar-refractivity contribution in [2.45, 2.75) is 17.8 Å². The zero-order chi connectivity index (χ0) is 23.6. The summed E-state index contributed by atoms with van der Waals surface area (Å²) in [4.78, 5) is 23.1. The third kappa shape index (κ3) is 7.67. The minimum atomic E-state index is -1.48. The van der Waals surface area contributed by atoms with Gasteiger partial charge in [0.25, 0.3) is 5.24 Å². The molecule has 2 aromatic rings. The number of benzene rings is 2. The second-order valence-corrected chi connectivity index (χ2v) is 9.42. The first kappa shape index (κ1) is 25.4. The van der Waals surface area contributed by atoms with Gasteiger partial charge in [-0.05, 0) is 41.8 Å². The minimum Gasteiger partial charge on any atom is -0.497 e. The molecular formula is C22H26NO8PS. The Bertz CT molecular complexity index is 925. The van der Waals surface area contributed by atoms with E-state index in [1.54, 1.807) is 7.11 Å². The number of nitrogens with one attached hydrogen (secondary N) is 1. The van der Waals surface area contributed by atoms with Gasteiger partial charge in [0, 0.05) is 14.2 Å². The first-order chi connectivity index (χ1) is 16.0. The Hall–Kier alpha value is -2.20. The summed E-state index contributed by atoms with van der Waals surface area (Å²) in [6.07, 6.45) is 0.0344. The first-order valence-corrected chi connectivity index (χ1v) is 12.0. The highest BCUT2D eigenvalue weighted by Crippen LogP contribution is 2.37. The molecule has 0 aliphatic carbocycles. The van der Waals surface area contributed by atoms with Crippen LogP contribution in [-0.4, -0.2) is 51.1 Å². The van der Waals surface area contributed by atoms with E-state index in [-0.39, 0.29) is 24.5 Å². The lowest BCUT2D eigenvalue weighted by molar-refractivity contribution is -0.118. The fraction of sp³-hybridized carbons (Fsp3) is 0.364. The lowest BCUT2D eigenvalue weighted by atomic mass is 10.1. The lowest BCUT2D eigenvalue weighted by Crippen LogP contribution is -2.25. The lowest BCUT2D eigenvalue weighted by Gasteiger charge is -2.20. The number of thioether (sulfide) groups is 1. The molecule has 3 rings (SSSR count). The number of hydrogen-bond donors (Lipinski definition) is 1. The SMILES string of the molecule is COc1cccc(C(COc2ccc(CC3SC(=O)NC3=O)cc2)OCOP(OC)OC)c1. The van der Waals surface area contributed by atoms with E-state index in [0.717, 1.165) is 22.9 Å². The molecule has 1 saturated heterocycles. The number of hydrogen-bond acceptors (Lipinski definition) is 9. The van der Waals surface area contributed by atoms with E-state index in [1.807, 2.05) is 48.5 Å². The summed E-state index contributed by atoms with van der Waals surface area (Å²) in [5, 5.41) is 1.59. The van der Waals surface area contributed by atoms with Crippen LogP contribution in [0.3, 0.4) is 0 Å². The Morgan fingerprint density at radius 3 is 2.42 bits per heavy atom. The van der Waals surface area contributed by atoms with E-state index in [0.29, 0.717) is 17.9 Å². The topological polar surface area (TPSA) is 102 Å². The van der Waals surface area contributed by atoms with Gasteiger partial charge in [-0.3, -0.25) is 19.4 Å². The third-order valence-corrected chi connectivity index (χ3v) is 6.60. The smallest absolute Gasteiger partial charge is 0.334 e. The van der Waals surface area contributed by atoms with Gasteiger partial charge < -0.3 is 23.3 Å². The molecule has 178 valence electrons. The van der Waals surface area contributed by atoms with Gasteiger partial charge in [-0.15, -0.1) is 0 Å². The number of imide groups is 1. The van der Waals surface area contributed by atoms with Crippen molar-refractivity contribution in [2.24, 2.45) is 0 Å². The number of rotatable bonds is 13. The highest BCUT2D eigenvalue weighted by molar-refractivity contribution is 8.15.